The zero-order chi connectivity index (χ0) is 15.3. The van der Waals surface area contributed by atoms with E-state index in [0.717, 1.165) is 6.54 Å². The molecule has 1 rings (SSSR count). The van der Waals surface area contributed by atoms with Crippen LogP contribution in [0.1, 0.15) is 27.7 Å². The first-order chi connectivity index (χ1) is 9.20. The van der Waals surface area contributed by atoms with Crippen molar-refractivity contribution in [1.82, 2.24) is 5.32 Å². The molecule has 0 spiro atoms. The highest BCUT2D eigenvalue weighted by Crippen LogP contribution is 2.19. The van der Waals surface area contributed by atoms with Gasteiger partial charge in [0.05, 0.1) is 4.90 Å². The summed E-state index contributed by atoms with van der Waals surface area (Å²) in [5.41, 5.74) is 0. The van der Waals surface area contributed by atoms with Crippen LogP contribution < -0.4 is 10.1 Å². The summed E-state index contributed by atoms with van der Waals surface area (Å²) in [6, 6.07) is 6.99. The number of hydrogen-bond acceptors (Lipinski definition) is 4. The van der Waals surface area contributed by atoms with Crippen molar-refractivity contribution in [2.45, 2.75) is 44.7 Å². The smallest absolute Gasteiger partial charge is 0.175 e. The van der Waals surface area contributed by atoms with Crippen molar-refractivity contribution < 1.29 is 13.2 Å². The van der Waals surface area contributed by atoms with Gasteiger partial charge in [0.15, 0.2) is 9.84 Å². The minimum atomic E-state index is -3.15. The zero-order valence-corrected chi connectivity index (χ0v) is 13.7. The van der Waals surface area contributed by atoms with Gasteiger partial charge < -0.3 is 10.1 Å². The maximum absolute atomic E-state index is 11.4. The third kappa shape index (κ3) is 5.51. The van der Waals surface area contributed by atoms with Gasteiger partial charge in [0.25, 0.3) is 0 Å². The topological polar surface area (TPSA) is 55.4 Å². The summed E-state index contributed by atoms with van der Waals surface area (Å²) < 4.78 is 28.7. The fourth-order valence-electron chi connectivity index (χ4n) is 1.71. The lowest BCUT2D eigenvalue weighted by molar-refractivity contribution is 0.146. The third-order valence-electron chi connectivity index (χ3n) is 3.01. The van der Waals surface area contributed by atoms with Crippen molar-refractivity contribution in [1.29, 1.82) is 0 Å². The van der Waals surface area contributed by atoms with Crippen molar-refractivity contribution in [3.63, 3.8) is 0 Å². The summed E-state index contributed by atoms with van der Waals surface area (Å²) >= 11 is 0. The van der Waals surface area contributed by atoms with Crippen LogP contribution in [0.4, 0.5) is 0 Å². The van der Waals surface area contributed by atoms with E-state index in [4.69, 9.17) is 4.74 Å². The maximum Gasteiger partial charge on any atom is 0.175 e. The van der Waals surface area contributed by atoms with Gasteiger partial charge in [0.2, 0.25) is 0 Å². The molecule has 0 aliphatic rings. The largest absolute Gasteiger partial charge is 0.489 e. The molecule has 1 unspecified atom stereocenters. The highest BCUT2D eigenvalue weighted by molar-refractivity contribution is 7.90. The van der Waals surface area contributed by atoms with Gasteiger partial charge in [-0.15, -0.1) is 0 Å². The first kappa shape index (κ1) is 17.0. The summed E-state index contributed by atoms with van der Waals surface area (Å²) in [5.74, 6) is 1.07. The van der Waals surface area contributed by atoms with Crippen LogP contribution in [0.3, 0.4) is 0 Å². The van der Waals surface area contributed by atoms with Crippen molar-refractivity contribution in [3.8, 4) is 5.75 Å². The number of nitrogens with one attached hydrogen (secondary N) is 1. The van der Waals surface area contributed by atoms with E-state index >= 15 is 0 Å². The van der Waals surface area contributed by atoms with Crippen LogP contribution in [-0.2, 0) is 9.84 Å². The lowest BCUT2D eigenvalue weighted by Gasteiger charge is -2.24. The van der Waals surface area contributed by atoms with Crippen LogP contribution in [0.25, 0.3) is 0 Å². The molecule has 4 nitrogen and oxygen atoms in total. The second-order valence-corrected chi connectivity index (χ2v) is 7.72. The maximum atomic E-state index is 11.4. The van der Waals surface area contributed by atoms with Gasteiger partial charge in [-0.25, -0.2) is 8.42 Å². The summed E-state index contributed by atoms with van der Waals surface area (Å²) in [5, 5.41) is 3.36. The predicted octanol–water partition coefficient (Wildman–Crippen LogP) is 2.49. The second kappa shape index (κ2) is 7.09. The number of sulfone groups is 1. The van der Waals surface area contributed by atoms with Crippen LogP contribution in [0.5, 0.6) is 5.75 Å². The second-order valence-electron chi connectivity index (χ2n) is 5.71. The monoisotopic (exact) mass is 299 g/mol. The van der Waals surface area contributed by atoms with Crippen molar-refractivity contribution in [3.05, 3.63) is 24.3 Å². The third-order valence-corrected chi connectivity index (χ3v) is 4.14. The molecule has 0 aliphatic heterocycles. The summed E-state index contributed by atoms with van der Waals surface area (Å²) in [6.07, 6.45) is 1.26. The molecular weight excluding hydrogens is 274 g/mol. The first-order valence-electron chi connectivity index (χ1n) is 6.90. The molecule has 1 atom stereocenters. The van der Waals surface area contributed by atoms with Gasteiger partial charge in [-0.3, -0.25) is 0 Å². The van der Waals surface area contributed by atoms with Gasteiger partial charge in [0.1, 0.15) is 11.9 Å². The lowest BCUT2D eigenvalue weighted by Crippen LogP contribution is -2.38. The number of rotatable bonds is 7. The predicted molar refractivity (Wildman–Crippen MR) is 81.9 cm³/mol. The van der Waals surface area contributed by atoms with E-state index in [9.17, 15) is 8.42 Å². The molecule has 0 aliphatic carbocycles. The van der Waals surface area contributed by atoms with E-state index in [-0.39, 0.29) is 6.10 Å². The Kier molecular flexibility index (Phi) is 6.02. The van der Waals surface area contributed by atoms with Gasteiger partial charge in [0, 0.05) is 18.8 Å². The van der Waals surface area contributed by atoms with E-state index in [1.54, 1.807) is 24.3 Å². The van der Waals surface area contributed by atoms with Crippen LogP contribution in [0, 0.1) is 5.92 Å². The summed E-state index contributed by atoms with van der Waals surface area (Å²) in [6.45, 7) is 9.18. The minimum absolute atomic E-state index is 0.0569. The van der Waals surface area contributed by atoms with Crippen LogP contribution >= 0.6 is 0 Å². The van der Waals surface area contributed by atoms with E-state index in [1.165, 1.54) is 6.26 Å². The highest BCUT2D eigenvalue weighted by Gasteiger charge is 2.16. The zero-order valence-electron chi connectivity index (χ0n) is 12.9. The van der Waals surface area contributed by atoms with E-state index < -0.39 is 9.84 Å². The van der Waals surface area contributed by atoms with E-state index in [0.29, 0.717) is 22.6 Å². The van der Waals surface area contributed by atoms with Crippen molar-refractivity contribution >= 4 is 9.84 Å². The molecule has 0 amide bonds. The molecule has 114 valence electrons. The highest BCUT2D eigenvalue weighted by atomic mass is 32.2. The molecule has 0 radical (unpaired) electrons. The summed E-state index contributed by atoms with van der Waals surface area (Å²) in [4.78, 5) is 0.311. The number of ether oxygens (including phenoxy) is 1. The molecule has 0 aromatic heterocycles. The van der Waals surface area contributed by atoms with E-state index in [1.807, 2.05) is 0 Å². The number of hydrogen-bond donors (Lipinski definition) is 1. The Balaban J connectivity index is 2.74. The van der Waals surface area contributed by atoms with Crippen molar-refractivity contribution in [2.75, 3.05) is 12.8 Å². The molecular formula is C15H25NO3S. The fraction of sp³-hybridized carbons (Fsp3) is 0.600. The standard InChI is InChI=1S/C15H25NO3S/c1-11(2)15(10-16-12(3)4)19-13-6-8-14(9-7-13)20(5,17)18/h6-9,11-12,15-16H,10H2,1-5H3. The first-order valence-corrected chi connectivity index (χ1v) is 8.79. The summed E-state index contributed by atoms with van der Waals surface area (Å²) in [7, 11) is -3.15. The van der Waals surface area contributed by atoms with Gasteiger partial charge in [-0.2, -0.15) is 0 Å². The molecule has 0 saturated carbocycles. The normalized spacial score (nSPS) is 13.8. The Labute approximate surface area is 122 Å². The van der Waals surface area contributed by atoms with E-state index in [2.05, 4.69) is 33.0 Å². The SMILES string of the molecule is CC(C)NCC(Oc1ccc(S(C)(=O)=O)cc1)C(C)C. The molecule has 20 heavy (non-hydrogen) atoms. The number of benzene rings is 1. The molecule has 0 fully saturated rings. The molecule has 5 heteroatoms. The van der Waals surface area contributed by atoms with Crippen LogP contribution in [-0.4, -0.2) is 33.4 Å². The van der Waals surface area contributed by atoms with Gasteiger partial charge >= 0.3 is 0 Å². The Morgan fingerprint density at radius 3 is 2.05 bits per heavy atom. The quantitative estimate of drug-likeness (QED) is 0.840. The van der Waals surface area contributed by atoms with Crippen LogP contribution in [0.2, 0.25) is 0 Å². The Morgan fingerprint density at radius 1 is 1.10 bits per heavy atom. The average Bonchev–Trinajstić information content (AvgIpc) is 2.33. The minimum Gasteiger partial charge on any atom is -0.489 e. The van der Waals surface area contributed by atoms with Crippen molar-refractivity contribution in [2.24, 2.45) is 5.92 Å². The van der Waals surface area contributed by atoms with Gasteiger partial charge in [-0.1, -0.05) is 27.7 Å². The molecule has 0 heterocycles. The fourth-order valence-corrected chi connectivity index (χ4v) is 2.34. The van der Waals surface area contributed by atoms with Crippen LogP contribution in [0.15, 0.2) is 29.2 Å². The lowest BCUT2D eigenvalue weighted by atomic mass is 10.1. The Hall–Kier alpha value is -1.07. The molecule has 1 N–H and O–H groups in total. The Morgan fingerprint density at radius 2 is 1.65 bits per heavy atom. The average molecular weight is 299 g/mol. The molecule has 0 saturated heterocycles. The van der Waals surface area contributed by atoms with Gasteiger partial charge in [-0.05, 0) is 30.2 Å². The molecule has 1 aromatic carbocycles. The molecule has 1 aromatic rings. The molecule has 0 bridgehead atoms. The Bertz CT molecular complexity index is 506.